The average molecular weight is 356 g/mol. The quantitative estimate of drug-likeness (QED) is 0.462. The molecule has 0 fully saturated rings. The molecule has 0 bridgehead atoms. The monoisotopic (exact) mass is 356 g/mol. The van der Waals surface area contributed by atoms with Crippen LogP contribution in [-0.2, 0) is 14.3 Å². The summed E-state index contributed by atoms with van der Waals surface area (Å²) in [6.45, 7) is 5.13. The van der Waals surface area contributed by atoms with Crippen molar-refractivity contribution in [2.45, 2.75) is 71.0 Å². The van der Waals surface area contributed by atoms with E-state index in [0.29, 0.717) is 13.2 Å². The number of carboxylic acid groups (broad SMARTS) is 2. The molecule has 1 aliphatic heterocycles. The zero-order chi connectivity index (χ0) is 18.7. The zero-order valence-electron chi connectivity index (χ0n) is 15.4. The molecule has 0 aromatic rings. The fourth-order valence-electron chi connectivity index (χ4n) is 2.95. The lowest BCUT2D eigenvalue weighted by atomic mass is 10.1. The van der Waals surface area contributed by atoms with Crippen molar-refractivity contribution < 1.29 is 24.5 Å². The summed E-state index contributed by atoms with van der Waals surface area (Å²) >= 11 is 0. The van der Waals surface area contributed by atoms with Crippen LogP contribution >= 0.6 is 0 Å². The predicted molar refractivity (Wildman–Crippen MR) is 95.0 cm³/mol. The van der Waals surface area contributed by atoms with E-state index in [1.165, 1.54) is 19.3 Å². The van der Waals surface area contributed by atoms with Crippen LogP contribution in [0.2, 0.25) is 0 Å². The SMILES string of the molecule is CCCCCCCC1N(CCOCCC(=O)O)C=CN1C(C)C(=O)O. The Morgan fingerprint density at radius 2 is 1.84 bits per heavy atom. The standard InChI is InChI=1S/C18H32N2O5/c1-3-4-5-6-7-8-16-19(12-14-25-13-9-17(21)22)10-11-20(16)15(2)18(23)24/h10-11,15-16H,3-9,12-14H2,1-2H3,(H,21,22)(H,23,24). The van der Waals surface area contributed by atoms with E-state index in [4.69, 9.17) is 9.84 Å². The fraction of sp³-hybridized carbons (Fsp3) is 0.778. The zero-order valence-corrected chi connectivity index (χ0v) is 15.4. The summed E-state index contributed by atoms with van der Waals surface area (Å²) in [6, 6.07) is -0.574. The van der Waals surface area contributed by atoms with Crippen molar-refractivity contribution in [3.63, 3.8) is 0 Å². The van der Waals surface area contributed by atoms with E-state index in [2.05, 4.69) is 11.8 Å². The molecule has 2 N–H and O–H groups in total. The summed E-state index contributed by atoms with van der Waals surface area (Å²) in [4.78, 5) is 25.8. The molecular weight excluding hydrogens is 324 g/mol. The molecule has 0 aliphatic carbocycles. The van der Waals surface area contributed by atoms with Crippen LogP contribution in [-0.4, -0.2) is 63.9 Å². The first kappa shape index (κ1) is 21.3. The van der Waals surface area contributed by atoms with Gasteiger partial charge in [-0.2, -0.15) is 0 Å². The van der Waals surface area contributed by atoms with Crippen molar-refractivity contribution in [3.8, 4) is 0 Å². The molecule has 1 aliphatic rings. The second-order valence-electron chi connectivity index (χ2n) is 6.44. The lowest BCUT2D eigenvalue weighted by Gasteiger charge is -2.35. The number of carbonyl (C=O) groups is 2. The van der Waals surface area contributed by atoms with Crippen LogP contribution in [0.25, 0.3) is 0 Å². The number of aliphatic carboxylic acids is 2. The summed E-state index contributed by atoms with van der Waals surface area (Å²) in [6.07, 6.45) is 10.5. The number of rotatable bonds is 14. The summed E-state index contributed by atoms with van der Waals surface area (Å²) in [7, 11) is 0. The van der Waals surface area contributed by atoms with E-state index in [9.17, 15) is 14.7 Å². The van der Waals surface area contributed by atoms with Gasteiger partial charge in [-0.05, 0) is 19.8 Å². The number of carboxylic acids is 2. The molecule has 7 nitrogen and oxygen atoms in total. The van der Waals surface area contributed by atoms with Gasteiger partial charge in [-0.3, -0.25) is 4.79 Å². The highest BCUT2D eigenvalue weighted by atomic mass is 16.5. The number of unbranched alkanes of at least 4 members (excludes halogenated alkanes) is 4. The molecular formula is C18H32N2O5. The van der Waals surface area contributed by atoms with Gasteiger partial charge < -0.3 is 24.7 Å². The van der Waals surface area contributed by atoms with E-state index in [0.717, 1.165) is 19.3 Å². The smallest absolute Gasteiger partial charge is 0.326 e. The van der Waals surface area contributed by atoms with Gasteiger partial charge in [0.2, 0.25) is 0 Å². The Morgan fingerprint density at radius 1 is 1.12 bits per heavy atom. The van der Waals surface area contributed by atoms with E-state index in [1.54, 1.807) is 6.92 Å². The van der Waals surface area contributed by atoms with Crippen molar-refractivity contribution in [1.29, 1.82) is 0 Å². The van der Waals surface area contributed by atoms with Crippen LogP contribution < -0.4 is 0 Å². The number of ether oxygens (including phenoxy) is 1. The van der Waals surface area contributed by atoms with Crippen molar-refractivity contribution in [2.24, 2.45) is 0 Å². The second-order valence-corrected chi connectivity index (χ2v) is 6.44. The minimum atomic E-state index is -0.868. The van der Waals surface area contributed by atoms with Crippen molar-refractivity contribution >= 4 is 11.9 Å². The Morgan fingerprint density at radius 3 is 2.48 bits per heavy atom. The molecule has 0 aromatic heterocycles. The van der Waals surface area contributed by atoms with Crippen LogP contribution in [0.15, 0.2) is 12.4 Å². The summed E-state index contributed by atoms with van der Waals surface area (Å²) in [5.41, 5.74) is 0. The molecule has 0 saturated carbocycles. The van der Waals surface area contributed by atoms with Gasteiger partial charge in [-0.1, -0.05) is 32.6 Å². The van der Waals surface area contributed by atoms with Gasteiger partial charge in [0, 0.05) is 18.9 Å². The first-order chi connectivity index (χ1) is 12.0. The lowest BCUT2D eigenvalue weighted by molar-refractivity contribution is -0.143. The summed E-state index contributed by atoms with van der Waals surface area (Å²) < 4.78 is 5.36. The predicted octanol–water partition coefficient (Wildman–Crippen LogP) is 2.73. The first-order valence-corrected chi connectivity index (χ1v) is 9.21. The Hall–Kier alpha value is -1.76. The fourth-order valence-corrected chi connectivity index (χ4v) is 2.95. The maximum atomic E-state index is 11.3. The highest BCUT2D eigenvalue weighted by Gasteiger charge is 2.31. The number of hydrogen-bond donors (Lipinski definition) is 2. The Bertz CT molecular complexity index is 441. The largest absolute Gasteiger partial charge is 0.481 e. The Kier molecular flexibility index (Phi) is 9.99. The number of nitrogens with zero attached hydrogens (tertiary/aromatic N) is 2. The summed E-state index contributed by atoms with van der Waals surface area (Å²) in [5.74, 6) is -1.70. The Labute approximate surface area is 150 Å². The molecule has 0 amide bonds. The molecule has 1 rings (SSSR count). The molecule has 2 unspecified atom stereocenters. The molecule has 144 valence electrons. The highest BCUT2D eigenvalue weighted by Crippen LogP contribution is 2.24. The number of hydrogen-bond acceptors (Lipinski definition) is 5. The third-order valence-corrected chi connectivity index (χ3v) is 4.48. The van der Waals surface area contributed by atoms with Crippen molar-refractivity contribution in [3.05, 3.63) is 12.4 Å². The van der Waals surface area contributed by atoms with Crippen LogP contribution in [0, 0.1) is 0 Å². The third kappa shape index (κ3) is 7.77. The van der Waals surface area contributed by atoms with Gasteiger partial charge in [0.15, 0.2) is 0 Å². The molecule has 2 atom stereocenters. The Balaban J connectivity index is 2.48. The van der Waals surface area contributed by atoms with Crippen LogP contribution in [0.4, 0.5) is 0 Å². The van der Waals surface area contributed by atoms with Gasteiger partial charge in [-0.25, -0.2) is 4.79 Å². The molecule has 7 heteroatoms. The maximum Gasteiger partial charge on any atom is 0.326 e. The van der Waals surface area contributed by atoms with E-state index >= 15 is 0 Å². The second kappa shape index (κ2) is 11.7. The van der Waals surface area contributed by atoms with Gasteiger partial charge in [0.1, 0.15) is 12.2 Å². The van der Waals surface area contributed by atoms with Gasteiger partial charge >= 0.3 is 11.9 Å². The topological polar surface area (TPSA) is 90.3 Å². The van der Waals surface area contributed by atoms with Crippen LogP contribution in [0.5, 0.6) is 0 Å². The van der Waals surface area contributed by atoms with E-state index in [-0.39, 0.29) is 19.2 Å². The van der Waals surface area contributed by atoms with E-state index < -0.39 is 18.0 Å². The molecule has 0 spiro atoms. The molecule has 1 heterocycles. The first-order valence-electron chi connectivity index (χ1n) is 9.21. The molecule has 0 radical (unpaired) electrons. The van der Waals surface area contributed by atoms with Crippen LogP contribution in [0.1, 0.15) is 58.8 Å². The molecule has 25 heavy (non-hydrogen) atoms. The van der Waals surface area contributed by atoms with Gasteiger partial charge in [-0.15, -0.1) is 0 Å². The highest BCUT2D eigenvalue weighted by molar-refractivity contribution is 5.73. The minimum absolute atomic E-state index is 0.00112. The van der Waals surface area contributed by atoms with Gasteiger partial charge in [0.25, 0.3) is 0 Å². The van der Waals surface area contributed by atoms with E-state index in [1.807, 2.05) is 17.3 Å². The summed E-state index contributed by atoms with van der Waals surface area (Å²) in [5, 5.41) is 17.9. The molecule has 0 saturated heterocycles. The third-order valence-electron chi connectivity index (χ3n) is 4.48. The minimum Gasteiger partial charge on any atom is -0.481 e. The normalized spacial score (nSPS) is 17.9. The van der Waals surface area contributed by atoms with Gasteiger partial charge in [0.05, 0.1) is 19.6 Å². The molecule has 0 aromatic carbocycles. The van der Waals surface area contributed by atoms with Crippen molar-refractivity contribution in [1.82, 2.24) is 9.80 Å². The van der Waals surface area contributed by atoms with Crippen LogP contribution in [0.3, 0.4) is 0 Å². The lowest BCUT2D eigenvalue weighted by Crippen LogP contribution is -2.46. The van der Waals surface area contributed by atoms with Crippen molar-refractivity contribution in [2.75, 3.05) is 19.8 Å². The average Bonchev–Trinajstić information content (AvgIpc) is 2.96. The maximum absolute atomic E-state index is 11.3.